The second-order valence-corrected chi connectivity index (χ2v) is 3.51. The molecule has 1 unspecified atom stereocenters. The lowest BCUT2D eigenvalue weighted by Gasteiger charge is -2.15. The van der Waals surface area contributed by atoms with Crippen LogP contribution < -0.4 is 5.73 Å². The van der Waals surface area contributed by atoms with E-state index >= 15 is 0 Å². The highest BCUT2D eigenvalue weighted by Crippen LogP contribution is 2.23. The number of halogens is 5. The quantitative estimate of drug-likeness (QED) is 0.792. The second kappa shape index (κ2) is 4.37. The van der Waals surface area contributed by atoms with Gasteiger partial charge in [-0.15, -0.1) is 0 Å². The van der Waals surface area contributed by atoms with E-state index in [2.05, 4.69) is 0 Å². The first kappa shape index (κ1) is 12.3. The molecule has 84 valence electrons. The predicted octanol–water partition coefficient (Wildman–Crippen LogP) is 2.91. The minimum absolute atomic E-state index is 0.126. The van der Waals surface area contributed by atoms with Crippen LogP contribution in [0.15, 0.2) is 18.2 Å². The normalized spacial score (nSPS) is 14.0. The molecule has 15 heavy (non-hydrogen) atoms. The maximum Gasteiger partial charge on any atom is 0.403 e. The van der Waals surface area contributed by atoms with Crippen LogP contribution in [0.1, 0.15) is 5.56 Å². The fourth-order valence-electron chi connectivity index (χ4n) is 1.04. The maximum absolute atomic E-state index is 12.9. The molecule has 1 aromatic carbocycles. The smallest absolute Gasteiger partial charge is 0.320 e. The van der Waals surface area contributed by atoms with Gasteiger partial charge >= 0.3 is 6.18 Å². The molecule has 1 aromatic rings. The van der Waals surface area contributed by atoms with Crippen molar-refractivity contribution < 1.29 is 17.6 Å². The van der Waals surface area contributed by atoms with E-state index < -0.39 is 24.5 Å². The van der Waals surface area contributed by atoms with Crippen molar-refractivity contribution in [3.8, 4) is 0 Å². The van der Waals surface area contributed by atoms with Crippen LogP contribution in [0.4, 0.5) is 17.6 Å². The molecule has 0 saturated heterocycles. The van der Waals surface area contributed by atoms with Gasteiger partial charge in [-0.2, -0.15) is 13.2 Å². The van der Waals surface area contributed by atoms with E-state index in [1.807, 2.05) is 0 Å². The highest BCUT2D eigenvalue weighted by Gasteiger charge is 2.36. The van der Waals surface area contributed by atoms with Gasteiger partial charge in [-0.1, -0.05) is 17.7 Å². The monoisotopic (exact) mass is 241 g/mol. The van der Waals surface area contributed by atoms with E-state index in [1.165, 1.54) is 12.1 Å². The standard InChI is InChI=1S/C9H8ClF4N/c10-6-2-1-5(3-7(6)11)4-8(15)9(12,13)14/h1-3,8H,4,15H2. The van der Waals surface area contributed by atoms with Gasteiger partial charge in [0.25, 0.3) is 0 Å². The van der Waals surface area contributed by atoms with Gasteiger partial charge < -0.3 is 5.73 Å². The van der Waals surface area contributed by atoms with Crippen molar-refractivity contribution in [3.63, 3.8) is 0 Å². The predicted molar refractivity (Wildman–Crippen MR) is 49.1 cm³/mol. The molecule has 0 bridgehead atoms. The van der Waals surface area contributed by atoms with Crippen molar-refractivity contribution >= 4 is 11.6 Å². The Morgan fingerprint density at radius 2 is 1.93 bits per heavy atom. The molecule has 0 spiro atoms. The molecular formula is C9H8ClF4N. The van der Waals surface area contributed by atoms with Gasteiger partial charge in [0.2, 0.25) is 0 Å². The van der Waals surface area contributed by atoms with Gasteiger partial charge in [0.1, 0.15) is 11.9 Å². The van der Waals surface area contributed by atoms with E-state index in [1.54, 1.807) is 0 Å². The lowest BCUT2D eigenvalue weighted by atomic mass is 10.1. The van der Waals surface area contributed by atoms with Crippen molar-refractivity contribution in [3.05, 3.63) is 34.6 Å². The van der Waals surface area contributed by atoms with E-state index in [0.717, 1.165) is 6.07 Å². The van der Waals surface area contributed by atoms with Gasteiger partial charge in [-0.25, -0.2) is 4.39 Å². The molecule has 0 saturated carbocycles. The van der Waals surface area contributed by atoms with E-state index in [4.69, 9.17) is 17.3 Å². The number of hydrogen-bond acceptors (Lipinski definition) is 1. The van der Waals surface area contributed by atoms with Crippen LogP contribution in [0, 0.1) is 5.82 Å². The first-order chi connectivity index (χ1) is 6.80. The molecule has 0 fully saturated rings. The third kappa shape index (κ3) is 3.35. The van der Waals surface area contributed by atoms with Gasteiger partial charge in [-0.05, 0) is 24.1 Å². The lowest BCUT2D eigenvalue weighted by Crippen LogP contribution is -2.39. The lowest BCUT2D eigenvalue weighted by molar-refractivity contribution is -0.147. The number of rotatable bonds is 2. The van der Waals surface area contributed by atoms with Gasteiger partial charge in [0.15, 0.2) is 0 Å². The summed E-state index contributed by atoms with van der Waals surface area (Å²) in [5.41, 5.74) is 5.06. The fourth-order valence-corrected chi connectivity index (χ4v) is 1.15. The summed E-state index contributed by atoms with van der Waals surface area (Å²) < 4.78 is 49.1. The molecule has 6 heteroatoms. The molecule has 0 heterocycles. The molecule has 2 N–H and O–H groups in total. The van der Waals surface area contributed by atoms with E-state index in [-0.39, 0.29) is 10.6 Å². The number of nitrogens with two attached hydrogens (primary N) is 1. The first-order valence-electron chi connectivity index (χ1n) is 4.07. The maximum atomic E-state index is 12.9. The highest BCUT2D eigenvalue weighted by molar-refractivity contribution is 6.30. The molecule has 0 aromatic heterocycles. The Morgan fingerprint density at radius 3 is 2.40 bits per heavy atom. The Bertz CT molecular complexity index is 350. The number of benzene rings is 1. The molecule has 0 aliphatic carbocycles. The number of hydrogen-bond donors (Lipinski definition) is 1. The zero-order chi connectivity index (χ0) is 11.6. The van der Waals surface area contributed by atoms with Crippen molar-refractivity contribution in [1.29, 1.82) is 0 Å². The summed E-state index contributed by atoms with van der Waals surface area (Å²) in [6, 6.07) is 1.48. The Kier molecular flexibility index (Phi) is 3.57. The Morgan fingerprint density at radius 1 is 1.33 bits per heavy atom. The van der Waals surface area contributed by atoms with Crippen molar-refractivity contribution in [2.45, 2.75) is 18.6 Å². The Balaban J connectivity index is 2.78. The first-order valence-corrected chi connectivity index (χ1v) is 4.44. The Hall–Kier alpha value is -0.810. The van der Waals surface area contributed by atoms with Crippen LogP contribution in [0.5, 0.6) is 0 Å². The summed E-state index contributed by atoms with van der Waals surface area (Å²) in [4.78, 5) is 0. The summed E-state index contributed by atoms with van der Waals surface area (Å²) in [6.07, 6.45) is -4.94. The number of alkyl halides is 3. The minimum atomic E-state index is -4.48. The largest absolute Gasteiger partial charge is 0.403 e. The van der Waals surface area contributed by atoms with Gasteiger partial charge in [0.05, 0.1) is 5.02 Å². The van der Waals surface area contributed by atoms with Crippen molar-refractivity contribution in [1.82, 2.24) is 0 Å². The highest BCUT2D eigenvalue weighted by atomic mass is 35.5. The second-order valence-electron chi connectivity index (χ2n) is 3.10. The Labute approximate surface area is 88.8 Å². The van der Waals surface area contributed by atoms with Crippen LogP contribution >= 0.6 is 11.6 Å². The van der Waals surface area contributed by atoms with E-state index in [0.29, 0.717) is 0 Å². The summed E-state index contributed by atoms with van der Waals surface area (Å²) in [7, 11) is 0. The average Bonchev–Trinajstić information content (AvgIpc) is 2.10. The third-order valence-electron chi connectivity index (χ3n) is 1.86. The van der Waals surface area contributed by atoms with Crippen molar-refractivity contribution in [2.24, 2.45) is 5.73 Å². The average molecular weight is 242 g/mol. The van der Waals surface area contributed by atoms with Gasteiger partial charge in [-0.3, -0.25) is 0 Å². The van der Waals surface area contributed by atoms with Crippen LogP contribution in [-0.4, -0.2) is 12.2 Å². The molecular weight excluding hydrogens is 234 g/mol. The summed E-state index contributed by atoms with van der Waals surface area (Å²) >= 11 is 5.38. The van der Waals surface area contributed by atoms with Crippen LogP contribution in [-0.2, 0) is 6.42 Å². The SMILES string of the molecule is NC(Cc1ccc(Cl)c(F)c1)C(F)(F)F. The molecule has 1 rings (SSSR count). The molecule has 0 radical (unpaired) electrons. The zero-order valence-electron chi connectivity index (χ0n) is 7.48. The molecule has 0 aliphatic rings. The van der Waals surface area contributed by atoms with Crippen LogP contribution in [0.2, 0.25) is 5.02 Å². The molecule has 0 amide bonds. The fraction of sp³-hybridized carbons (Fsp3) is 0.333. The van der Waals surface area contributed by atoms with Crippen LogP contribution in [0.25, 0.3) is 0 Å². The zero-order valence-corrected chi connectivity index (χ0v) is 8.24. The summed E-state index contributed by atoms with van der Waals surface area (Å²) in [5, 5.41) is -0.126. The van der Waals surface area contributed by atoms with E-state index in [9.17, 15) is 17.6 Å². The summed E-state index contributed by atoms with van der Waals surface area (Å²) in [5.74, 6) is -0.747. The summed E-state index contributed by atoms with van der Waals surface area (Å²) in [6.45, 7) is 0. The third-order valence-corrected chi connectivity index (χ3v) is 2.17. The van der Waals surface area contributed by atoms with Crippen LogP contribution in [0.3, 0.4) is 0 Å². The van der Waals surface area contributed by atoms with Crippen molar-refractivity contribution in [2.75, 3.05) is 0 Å². The molecule has 1 atom stereocenters. The topological polar surface area (TPSA) is 26.0 Å². The molecule has 0 aliphatic heterocycles. The minimum Gasteiger partial charge on any atom is -0.320 e. The van der Waals surface area contributed by atoms with Gasteiger partial charge in [0, 0.05) is 0 Å². The molecule has 1 nitrogen and oxygen atoms in total.